The maximum absolute atomic E-state index is 11.1. The van der Waals surface area contributed by atoms with Crippen molar-refractivity contribution in [1.82, 2.24) is 0 Å². The predicted molar refractivity (Wildman–Crippen MR) is 69.5 cm³/mol. The molecule has 0 fully saturated rings. The Morgan fingerprint density at radius 3 is 2.61 bits per heavy atom. The Balaban J connectivity index is 2.86. The zero-order valence-corrected chi connectivity index (χ0v) is 11.2. The van der Waals surface area contributed by atoms with Crippen LogP contribution in [0.2, 0.25) is 0 Å². The van der Waals surface area contributed by atoms with Crippen LogP contribution in [0.15, 0.2) is 12.1 Å². The van der Waals surface area contributed by atoms with Crippen molar-refractivity contribution < 1.29 is 19.4 Å². The fourth-order valence-electron chi connectivity index (χ4n) is 1.77. The second-order valence-electron chi connectivity index (χ2n) is 4.13. The molecule has 0 atom stereocenters. The van der Waals surface area contributed by atoms with Gasteiger partial charge in [0.05, 0.1) is 12.2 Å². The van der Waals surface area contributed by atoms with Crippen LogP contribution in [0.1, 0.15) is 34.8 Å². The molecular weight excluding hydrogens is 232 g/mol. The van der Waals surface area contributed by atoms with Crippen molar-refractivity contribution in [3.8, 4) is 5.75 Å². The van der Waals surface area contributed by atoms with Crippen molar-refractivity contribution in [2.45, 2.75) is 26.7 Å². The number of methoxy groups -OCH3 is 1. The molecule has 0 heterocycles. The van der Waals surface area contributed by atoms with Gasteiger partial charge in [0.15, 0.2) is 0 Å². The van der Waals surface area contributed by atoms with Crippen LogP contribution < -0.4 is 4.74 Å². The summed E-state index contributed by atoms with van der Waals surface area (Å²) in [5, 5.41) is 9.09. The number of carboxylic acid groups (broad SMARTS) is 1. The Kier molecular flexibility index (Phi) is 5.65. The summed E-state index contributed by atoms with van der Waals surface area (Å²) >= 11 is 0. The third-order valence-electron chi connectivity index (χ3n) is 2.77. The zero-order chi connectivity index (χ0) is 13.5. The Morgan fingerprint density at radius 1 is 1.33 bits per heavy atom. The van der Waals surface area contributed by atoms with E-state index in [4.69, 9.17) is 14.6 Å². The van der Waals surface area contributed by atoms with Crippen molar-refractivity contribution in [2.24, 2.45) is 0 Å². The van der Waals surface area contributed by atoms with E-state index in [0.717, 1.165) is 24.0 Å². The molecule has 0 aliphatic carbocycles. The summed E-state index contributed by atoms with van der Waals surface area (Å²) in [5.74, 6) is -0.256. The lowest BCUT2D eigenvalue weighted by molar-refractivity contribution is 0.0695. The first-order chi connectivity index (χ1) is 8.60. The molecule has 0 bridgehead atoms. The van der Waals surface area contributed by atoms with Crippen molar-refractivity contribution in [1.29, 1.82) is 0 Å². The minimum atomic E-state index is -0.920. The van der Waals surface area contributed by atoms with Crippen LogP contribution in [0.5, 0.6) is 5.75 Å². The third kappa shape index (κ3) is 3.74. The van der Waals surface area contributed by atoms with Gasteiger partial charge in [0, 0.05) is 20.1 Å². The Hall–Kier alpha value is -1.55. The molecule has 0 saturated heterocycles. The van der Waals surface area contributed by atoms with Gasteiger partial charge in [-0.1, -0.05) is 13.0 Å². The first kappa shape index (κ1) is 14.5. The molecule has 0 aromatic heterocycles. The fourth-order valence-corrected chi connectivity index (χ4v) is 1.77. The number of carbonyl (C=O) groups is 1. The lowest BCUT2D eigenvalue weighted by atomic mass is 10.0. The van der Waals surface area contributed by atoms with Gasteiger partial charge in [-0.05, 0) is 30.5 Å². The van der Waals surface area contributed by atoms with Gasteiger partial charge >= 0.3 is 5.97 Å². The zero-order valence-electron chi connectivity index (χ0n) is 11.2. The highest BCUT2D eigenvalue weighted by Gasteiger charge is 2.12. The maximum atomic E-state index is 11.1. The van der Waals surface area contributed by atoms with Crippen molar-refractivity contribution >= 4 is 5.97 Å². The highest BCUT2D eigenvalue weighted by Crippen LogP contribution is 2.24. The molecule has 0 unspecified atom stereocenters. The smallest absolute Gasteiger partial charge is 0.336 e. The number of rotatable bonds is 7. The normalized spacial score (nSPS) is 10.4. The van der Waals surface area contributed by atoms with E-state index in [-0.39, 0.29) is 0 Å². The third-order valence-corrected chi connectivity index (χ3v) is 2.77. The van der Waals surface area contributed by atoms with Gasteiger partial charge in [0.2, 0.25) is 0 Å². The Bertz CT molecular complexity index is 413. The monoisotopic (exact) mass is 252 g/mol. The van der Waals surface area contributed by atoms with E-state index >= 15 is 0 Å². The molecule has 0 spiro atoms. The van der Waals surface area contributed by atoms with Gasteiger partial charge in [-0.25, -0.2) is 4.79 Å². The summed E-state index contributed by atoms with van der Waals surface area (Å²) in [4.78, 5) is 11.1. The summed E-state index contributed by atoms with van der Waals surface area (Å²) in [6.07, 6.45) is 1.61. The summed E-state index contributed by atoms with van der Waals surface area (Å²) in [7, 11) is 1.64. The number of hydrogen-bond acceptors (Lipinski definition) is 3. The number of benzene rings is 1. The van der Waals surface area contributed by atoms with E-state index in [1.54, 1.807) is 20.1 Å². The molecule has 0 amide bonds. The minimum Gasteiger partial charge on any atom is -0.493 e. The Morgan fingerprint density at radius 2 is 2.06 bits per heavy atom. The molecule has 0 saturated carbocycles. The molecule has 0 radical (unpaired) electrons. The molecule has 1 aromatic carbocycles. The van der Waals surface area contributed by atoms with E-state index in [9.17, 15) is 4.79 Å². The van der Waals surface area contributed by atoms with Crippen LogP contribution in [0.3, 0.4) is 0 Å². The largest absolute Gasteiger partial charge is 0.493 e. The van der Waals surface area contributed by atoms with Gasteiger partial charge in [-0.2, -0.15) is 0 Å². The second-order valence-corrected chi connectivity index (χ2v) is 4.13. The fraction of sp³-hybridized carbons (Fsp3) is 0.500. The van der Waals surface area contributed by atoms with Crippen LogP contribution in [-0.4, -0.2) is 31.4 Å². The molecule has 1 aromatic rings. The van der Waals surface area contributed by atoms with Crippen LogP contribution in [0.4, 0.5) is 0 Å². The molecule has 18 heavy (non-hydrogen) atoms. The van der Waals surface area contributed by atoms with E-state index in [1.165, 1.54) is 0 Å². The summed E-state index contributed by atoms with van der Waals surface area (Å²) in [5.41, 5.74) is 2.10. The molecule has 4 heteroatoms. The molecular formula is C14H20O4. The molecule has 1 N–H and O–H groups in total. The first-order valence-corrected chi connectivity index (χ1v) is 6.08. The molecule has 4 nitrogen and oxygen atoms in total. The number of hydrogen-bond donors (Lipinski definition) is 1. The van der Waals surface area contributed by atoms with Gasteiger partial charge in [-0.15, -0.1) is 0 Å². The van der Waals surface area contributed by atoms with E-state index < -0.39 is 5.97 Å². The molecule has 1 rings (SSSR count). The average Bonchev–Trinajstić information content (AvgIpc) is 2.35. The van der Waals surface area contributed by atoms with Crippen LogP contribution >= 0.6 is 0 Å². The summed E-state index contributed by atoms with van der Waals surface area (Å²) in [6.45, 7) is 5.00. The maximum Gasteiger partial charge on any atom is 0.336 e. The average molecular weight is 252 g/mol. The highest BCUT2D eigenvalue weighted by molar-refractivity contribution is 5.90. The van der Waals surface area contributed by atoms with Gasteiger partial charge in [0.1, 0.15) is 5.75 Å². The first-order valence-electron chi connectivity index (χ1n) is 6.08. The van der Waals surface area contributed by atoms with Gasteiger partial charge in [-0.3, -0.25) is 0 Å². The number of aryl methyl sites for hydroxylation is 2. The highest BCUT2D eigenvalue weighted by atomic mass is 16.5. The quantitative estimate of drug-likeness (QED) is 0.758. The number of aromatic carboxylic acids is 1. The number of carboxylic acids is 1. The molecule has 100 valence electrons. The van der Waals surface area contributed by atoms with Crippen LogP contribution in [0, 0.1) is 6.92 Å². The molecule has 0 aliphatic rings. The summed E-state index contributed by atoms with van der Waals surface area (Å²) < 4.78 is 10.6. The van der Waals surface area contributed by atoms with E-state index in [1.807, 2.05) is 13.0 Å². The van der Waals surface area contributed by atoms with Crippen molar-refractivity contribution in [2.75, 3.05) is 20.3 Å². The minimum absolute atomic E-state index is 0.300. The lowest BCUT2D eigenvalue weighted by Crippen LogP contribution is -2.06. The lowest BCUT2D eigenvalue weighted by Gasteiger charge is -2.13. The topological polar surface area (TPSA) is 55.8 Å². The van der Waals surface area contributed by atoms with Gasteiger partial charge in [0.25, 0.3) is 0 Å². The van der Waals surface area contributed by atoms with Crippen LogP contribution in [-0.2, 0) is 11.2 Å². The van der Waals surface area contributed by atoms with Crippen molar-refractivity contribution in [3.63, 3.8) is 0 Å². The summed E-state index contributed by atoms with van der Waals surface area (Å²) in [6, 6.07) is 3.50. The van der Waals surface area contributed by atoms with E-state index in [0.29, 0.717) is 24.5 Å². The Labute approximate surface area is 108 Å². The second kappa shape index (κ2) is 7.01. The predicted octanol–water partition coefficient (Wildman–Crippen LogP) is 2.67. The SMILES string of the molecule is CCc1cc(C)c(C(=O)O)cc1OCCCOC. The van der Waals surface area contributed by atoms with Crippen molar-refractivity contribution in [3.05, 3.63) is 28.8 Å². The van der Waals surface area contributed by atoms with Crippen LogP contribution in [0.25, 0.3) is 0 Å². The molecule has 0 aliphatic heterocycles. The number of ether oxygens (including phenoxy) is 2. The van der Waals surface area contributed by atoms with Gasteiger partial charge < -0.3 is 14.6 Å². The standard InChI is InChI=1S/C14H20O4/c1-4-11-8-10(2)12(14(15)16)9-13(11)18-7-5-6-17-3/h8-9H,4-7H2,1-3H3,(H,15,16). The van der Waals surface area contributed by atoms with E-state index in [2.05, 4.69) is 0 Å².